The van der Waals surface area contributed by atoms with Crippen molar-refractivity contribution < 1.29 is 19.4 Å². The van der Waals surface area contributed by atoms with Crippen LogP contribution in [0.5, 0.6) is 0 Å². The molecule has 2 N–H and O–H groups in total. The summed E-state index contributed by atoms with van der Waals surface area (Å²) in [5.74, 6) is -1.32. The maximum absolute atomic E-state index is 12.1. The van der Waals surface area contributed by atoms with Crippen LogP contribution < -0.4 is 5.32 Å². The van der Waals surface area contributed by atoms with Gasteiger partial charge in [-0.3, -0.25) is 14.5 Å². The average Bonchev–Trinajstić information content (AvgIpc) is 2.27. The lowest BCUT2D eigenvalue weighted by atomic mass is 9.68. The van der Waals surface area contributed by atoms with Gasteiger partial charge in [-0.2, -0.15) is 0 Å². The van der Waals surface area contributed by atoms with Gasteiger partial charge in [0, 0.05) is 25.7 Å². The highest BCUT2D eigenvalue weighted by Gasteiger charge is 2.51. The summed E-state index contributed by atoms with van der Waals surface area (Å²) in [5, 5.41) is 12.0. The molecule has 0 bridgehead atoms. The quantitative estimate of drug-likeness (QED) is 0.692. The van der Waals surface area contributed by atoms with Crippen molar-refractivity contribution in [2.45, 2.75) is 32.2 Å². The Hall–Kier alpha value is -1.14. The van der Waals surface area contributed by atoms with Crippen LogP contribution in [0.1, 0.15) is 26.2 Å². The number of carbonyl (C=O) groups is 2. The van der Waals surface area contributed by atoms with Crippen molar-refractivity contribution in [3.8, 4) is 0 Å². The number of nitrogens with one attached hydrogen (secondary N) is 1. The smallest absolute Gasteiger partial charge is 0.319 e. The van der Waals surface area contributed by atoms with Gasteiger partial charge in [-0.05, 0) is 19.8 Å². The third kappa shape index (κ3) is 3.06. The van der Waals surface area contributed by atoms with Crippen LogP contribution in [0, 0.1) is 5.41 Å². The highest BCUT2D eigenvalue weighted by molar-refractivity contribution is 6.02. The Morgan fingerprint density at radius 3 is 2.47 bits per heavy atom. The summed E-state index contributed by atoms with van der Waals surface area (Å²) in [6.45, 7) is 5.83. The highest BCUT2D eigenvalue weighted by atomic mass is 16.5. The van der Waals surface area contributed by atoms with E-state index in [0.717, 1.165) is 39.3 Å². The molecule has 6 nitrogen and oxygen atoms in total. The summed E-state index contributed by atoms with van der Waals surface area (Å²) in [5.41, 5.74) is -1.17. The van der Waals surface area contributed by atoms with E-state index in [9.17, 15) is 14.7 Å². The molecule has 108 valence electrons. The van der Waals surface area contributed by atoms with Gasteiger partial charge >= 0.3 is 5.97 Å². The van der Waals surface area contributed by atoms with E-state index in [4.69, 9.17) is 4.74 Å². The Morgan fingerprint density at radius 2 is 2.00 bits per heavy atom. The Morgan fingerprint density at radius 1 is 1.37 bits per heavy atom. The molecule has 1 aliphatic heterocycles. The molecule has 2 fully saturated rings. The lowest BCUT2D eigenvalue weighted by molar-refractivity contribution is -0.162. The predicted octanol–water partition coefficient (Wildman–Crippen LogP) is 0.0782. The average molecular weight is 270 g/mol. The zero-order valence-electron chi connectivity index (χ0n) is 11.4. The first-order valence-electron chi connectivity index (χ1n) is 6.89. The van der Waals surface area contributed by atoms with E-state index in [-0.39, 0.29) is 11.9 Å². The number of ether oxygens (including phenoxy) is 1. The summed E-state index contributed by atoms with van der Waals surface area (Å²) < 4.78 is 5.27. The second-order valence-corrected chi connectivity index (χ2v) is 5.53. The van der Waals surface area contributed by atoms with Gasteiger partial charge in [0.15, 0.2) is 0 Å². The second-order valence-electron chi connectivity index (χ2n) is 5.53. The summed E-state index contributed by atoms with van der Waals surface area (Å²) in [7, 11) is 0. The van der Waals surface area contributed by atoms with E-state index >= 15 is 0 Å². The number of morpholine rings is 1. The molecule has 1 saturated heterocycles. The number of aliphatic carboxylic acids is 1. The molecule has 1 amide bonds. The molecule has 0 aromatic rings. The standard InChI is InChI=1S/C13H22N2O4/c1-10(9-15-5-7-19-8-6-15)14-11(16)13(12(17)18)3-2-4-13/h10H,2-9H2,1H3,(H,14,16)(H,17,18). The van der Waals surface area contributed by atoms with E-state index in [1.165, 1.54) is 0 Å². The molecular weight excluding hydrogens is 248 g/mol. The molecule has 0 aromatic heterocycles. The zero-order chi connectivity index (χ0) is 13.9. The van der Waals surface area contributed by atoms with Crippen LogP contribution in [0.2, 0.25) is 0 Å². The summed E-state index contributed by atoms with van der Waals surface area (Å²) >= 11 is 0. The fourth-order valence-electron chi connectivity index (χ4n) is 2.65. The van der Waals surface area contributed by atoms with Gasteiger partial charge in [0.2, 0.25) is 5.91 Å². The summed E-state index contributed by atoms with van der Waals surface area (Å²) in [6, 6.07) is -0.0394. The van der Waals surface area contributed by atoms with Crippen molar-refractivity contribution in [3.63, 3.8) is 0 Å². The lowest BCUT2D eigenvalue weighted by Crippen LogP contribution is -2.55. The number of carboxylic acids is 1. The number of nitrogens with zero attached hydrogens (tertiary/aromatic N) is 1. The van der Waals surface area contributed by atoms with E-state index in [1.807, 2.05) is 6.92 Å². The molecule has 2 aliphatic rings. The van der Waals surface area contributed by atoms with E-state index in [0.29, 0.717) is 12.8 Å². The van der Waals surface area contributed by atoms with Crippen LogP contribution in [-0.2, 0) is 14.3 Å². The van der Waals surface area contributed by atoms with Crippen molar-refractivity contribution in [2.75, 3.05) is 32.8 Å². The second kappa shape index (κ2) is 5.88. The summed E-state index contributed by atoms with van der Waals surface area (Å²) in [4.78, 5) is 25.6. The Bertz CT molecular complexity index is 349. The predicted molar refractivity (Wildman–Crippen MR) is 68.8 cm³/mol. The van der Waals surface area contributed by atoms with Gasteiger partial charge in [-0.25, -0.2) is 0 Å². The number of amides is 1. The number of carbonyl (C=O) groups excluding carboxylic acids is 1. The van der Waals surface area contributed by atoms with Crippen molar-refractivity contribution >= 4 is 11.9 Å². The molecule has 19 heavy (non-hydrogen) atoms. The Labute approximate surface area is 113 Å². The fraction of sp³-hybridized carbons (Fsp3) is 0.846. The fourth-order valence-corrected chi connectivity index (χ4v) is 2.65. The molecule has 1 atom stereocenters. The SMILES string of the molecule is CC(CN1CCOCC1)NC(=O)C1(C(=O)O)CCC1. The minimum Gasteiger partial charge on any atom is -0.480 e. The molecule has 0 radical (unpaired) electrons. The van der Waals surface area contributed by atoms with Gasteiger partial charge < -0.3 is 15.2 Å². The van der Waals surface area contributed by atoms with Crippen molar-refractivity contribution in [2.24, 2.45) is 5.41 Å². The van der Waals surface area contributed by atoms with Gasteiger partial charge in [-0.15, -0.1) is 0 Å². The van der Waals surface area contributed by atoms with Crippen molar-refractivity contribution in [3.05, 3.63) is 0 Å². The van der Waals surface area contributed by atoms with Crippen LogP contribution in [0.3, 0.4) is 0 Å². The molecule has 2 rings (SSSR count). The number of rotatable bonds is 5. The third-order valence-corrected chi connectivity index (χ3v) is 4.06. The van der Waals surface area contributed by atoms with E-state index in [1.54, 1.807) is 0 Å². The molecule has 0 spiro atoms. The number of carboxylic acid groups (broad SMARTS) is 1. The number of hydrogen-bond acceptors (Lipinski definition) is 4. The van der Waals surface area contributed by atoms with Crippen LogP contribution in [-0.4, -0.2) is 60.8 Å². The molecule has 1 heterocycles. The van der Waals surface area contributed by atoms with Gasteiger partial charge in [-0.1, -0.05) is 6.42 Å². The minimum atomic E-state index is -1.17. The first-order valence-corrected chi connectivity index (χ1v) is 6.89. The largest absolute Gasteiger partial charge is 0.480 e. The van der Waals surface area contributed by atoms with E-state index in [2.05, 4.69) is 10.2 Å². The zero-order valence-corrected chi connectivity index (χ0v) is 11.4. The molecule has 6 heteroatoms. The molecular formula is C13H22N2O4. The first-order chi connectivity index (χ1) is 9.04. The maximum atomic E-state index is 12.1. The lowest BCUT2D eigenvalue weighted by Gasteiger charge is -2.37. The van der Waals surface area contributed by atoms with Crippen LogP contribution in [0.25, 0.3) is 0 Å². The summed E-state index contributed by atoms with van der Waals surface area (Å²) in [6.07, 6.45) is 1.73. The third-order valence-electron chi connectivity index (χ3n) is 4.06. The first kappa shape index (κ1) is 14.3. The van der Waals surface area contributed by atoms with E-state index < -0.39 is 11.4 Å². The van der Waals surface area contributed by atoms with Crippen LogP contribution >= 0.6 is 0 Å². The van der Waals surface area contributed by atoms with Crippen LogP contribution in [0.15, 0.2) is 0 Å². The van der Waals surface area contributed by atoms with Gasteiger partial charge in [0.25, 0.3) is 0 Å². The number of hydrogen-bond donors (Lipinski definition) is 2. The molecule has 0 aromatic carbocycles. The Balaban J connectivity index is 1.82. The molecule has 1 unspecified atom stereocenters. The molecule has 1 saturated carbocycles. The van der Waals surface area contributed by atoms with Crippen molar-refractivity contribution in [1.29, 1.82) is 0 Å². The highest BCUT2D eigenvalue weighted by Crippen LogP contribution is 2.41. The Kier molecular flexibility index (Phi) is 4.42. The van der Waals surface area contributed by atoms with Gasteiger partial charge in [0.05, 0.1) is 13.2 Å². The van der Waals surface area contributed by atoms with Gasteiger partial charge in [0.1, 0.15) is 5.41 Å². The monoisotopic (exact) mass is 270 g/mol. The minimum absolute atomic E-state index is 0.0394. The normalized spacial score (nSPS) is 24.3. The topological polar surface area (TPSA) is 78.9 Å². The maximum Gasteiger partial charge on any atom is 0.319 e. The van der Waals surface area contributed by atoms with Crippen LogP contribution in [0.4, 0.5) is 0 Å². The molecule has 1 aliphatic carbocycles. The van der Waals surface area contributed by atoms with Crippen molar-refractivity contribution in [1.82, 2.24) is 10.2 Å².